The Bertz CT molecular complexity index is 940. The van der Waals surface area contributed by atoms with Crippen molar-refractivity contribution in [1.29, 1.82) is 0 Å². The molecule has 1 saturated carbocycles. The van der Waals surface area contributed by atoms with Crippen LogP contribution in [-0.4, -0.2) is 38.4 Å². The molecule has 3 aromatic rings. The Morgan fingerprint density at radius 3 is 2.56 bits per heavy atom. The summed E-state index contributed by atoms with van der Waals surface area (Å²) in [5.74, 6) is 0.217. The van der Waals surface area contributed by atoms with Gasteiger partial charge in [0, 0.05) is 5.56 Å². The van der Waals surface area contributed by atoms with Crippen LogP contribution in [0.25, 0.3) is 17.1 Å². The van der Waals surface area contributed by atoms with E-state index >= 15 is 0 Å². The molecule has 0 amide bonds. The van der Waals surface area contributed by atoms with E-state index in [1.165, 1.54) is 49.5 Å². The number of esters is 1. The first kappa shape index (κ1) is 17.2. The summed E-state index contributed by atoms with van der Waals surface area (Å²) in [5.41, 5.74) is 8.35. The summed E-state index contributed by atoms with van der Waals surface area (Å²) in [6.07, 6.45) is 6.29. The number of nitrogens with zero attached hydrogens (tertiary/aromatic N) is 5. The maximum absolute atomic E-state index is 12.2. The highest BCUT2D eigenvalue weighted by molar-refractivity contribution is 5.94. The smallest absolute Gasteiger partial charge is 0.360 e. The van der Waals surface area contributed by atoms with Crippen LogP contribution >= 0.6 is 0 Å². The molecular formula is C18H20N6O3. The molecule has 0 aliphatic heterocycles. The normalized spacial score (nSPS) is 15.0. The zero-order valence-corrected chi connectivity index (χ0v) is 15.0. The van der Waals surface area contributed by atoms with Crippen LogP contribution in [0.5, 0.6) is 0 Å². The Labute approximate surface area is 155 Å². The second kappa shape index (κ2) is 7.18. The first-order chi connectivity index (χ1) is 13.2. The van der Waals surface area contributed by atoms with Crippen molar-refractivity contribution < 1.29 is 14.2 Å². The standard InChI is InChI=1S/C18H20N6O3/c1-26-18(25)14-15(24(23-20-14)17-16(19)21-27-22-17)13-9-7-12(8-10-13)11-5-3-2-4-6-11/h7-11H,2-6H2,1H3,(H2,19,21). The second-order valence-corrected chi connectivity index (χ2v) is 6.62. The van der Waals surface area contributed by atoms with Gasteiger partial charge in [0.25, 0.3) is 0 Å². The summed E-state index contributed by atoms with van der Waals surface area (Å²) in [6.45, 7) is 0. The minimum absolute atomic E-state index is 0.0522. The molecule has 0 unspecified atom stereocenters. The van der Waals surface area contributed by atoms with Gasteiger partial charge >= 0.3 is 5.97 Å². The van der Waals surface area contributed by atoms with Gasteiger partial charge < -0.3 is 10.5 Å². The lowest BCUT2D eigenvalue weighted by Crippen LogP contribution is -2.07. The first-order valence-electron chi connectivity index (χ1n) is 8.91. The average Bonchev–Trinajstić information content (AvgIpc) is 3.34. The highest BCUT2D eigenvalue weighted by Gasteiger charge is 2.26. The minimum Gasteiger partial charge on any atom is -0.464 e. The van der Waals surface area contributed by atoms with Gasteiger partial charge in [-0.2, -0.15) is 4.68 Å². The Morgan fingerprint density at radius 1 is 1.19 bits per heavy atom. The van der Waals surface area contributed by atoms with E-state index in [2.05, 4.69) is 37.4 Å². The second-order valence-electron chi connectivity index (χ2n) is 6.62. The molecule has 1 aliphatic rings. The topological polar surface area (TPSA) is 122 Å². The summed E-state index contributed by atoms with van der Waals surface area (Å²) in [7, 11) is 1.29. The molecule has 1 fully saturated rings. The van der Waals surface area contributed by atoms with Gasteiger partial charge in [-0.3, -0.25) is 0 Å². The van der Waals surface area contributed by atoms with E-state index in [1.54, 1.807) is 0 Å². The summed E-state index contributed by atoms with van der Waals surface area (Å²) in [5, 5.41) is 15.3. The van der Waals surface area contributed by atoms with E-state index < -0.39 is 5.97 Å². The number of nitrogens with two attached hydrogens (primary N) is 1. The summed E-state index contributed by atoms with van der Waals surface area (Å²) < 4.78 is 10.8. The summed E-state index contributed by atoms with van der Waals surface area (Å²) >= 11 is 0. The van der Waals surface area contributed by atoms with Crippen molar-refractivity contribution in [2.24, 2.45) is 0 Å². The van der Waals surface area contributed by atoms with Crippen LogP contribution in [0, 0.1) is 0 Å². The van der Waals surface area contributed by atoms with Gasteiger partial charge in [-0.1, -0.05) is 48.7 Å². The molecule has 140 valence electrons. The lowest BCUT2D eigenvalue weighted by molar-refractivity contribution is 0.0595. The predicted octanol–water partition coefficient (Wildman–Crippen LogP) is 2.73. The van der Waals surface area contributed by atoms with E-state index in [1.807, 2.05) is 12.1 Å². The van der Waals surface area contributed by atoms with E-state index in [-0.39, 0.29) is 17.3 Å². The maximum Gasteiger partial charge on any atom is 0.360 e. The lowest BCUT2D eigenvalue weighted by Gasteiger charge is -2.22. The molecule has 0 spiro atoms. The Balaban J connectivity index is 1.76. The number of anilines is 1. The zero-order chi connectivity index (χ0) is 18.8. The molecule has 0 bridgehead atoms. The molecule has 0 atom stereocenters. The van der Waals surface area contributed by atoms with Crippen molar-refractivity contribution >= 4 is 11.8 Å². The molecule has 9 heteroatoms. The molecule has 1 aromatic carbocycles. The van der Waals surface area contributed by atoms with Gasteiger partial charge in [-0.05, 0) is 34.6 Å². The number of carbonyl (C=O) groups is 1. The van der Waals surface area contributed by atoms with Crippen LogP contribution in [0.1, 0.15) is 54.1 Å². The molecule has 0 saturated heterocycles. The maximum atomic E-state index is 12.2. The predicted molar refractivity (Wildman–Crippen MR) is 96.2 cm³/mol. The van der Waals surface area contributed by atoms with Crippen molar-refractivity contribution in [2.75, 3.05) is 12.8 Å². The SMILES string of the molecule is COC(=O)c1nnn(-c2nonc2N)c1-c1ccc(C2CCCCC2)cc1. The number of hydrogen-bond acceptors (Lipinski definition) is 8. The van der Waals surface area contributed by atoms with Gasteiger partial charge in [0.15, 0.2) is 5.69 Å². The van der Waals surface area contributed by atoms with Crippen molar-refractivity contribution in [3.63, 3.8) is 0 Å². The number of methoxy groups -OCH3 is 1. The van der Waals surface area contributed by atoms with E-state index in [0.717, 1.165) is 5.56 Å². The number of aromatic nitrogens is 5. The van der Waals surface area contributed by atoms with Gasteiger partial charge in [-0.25, -0.2) is 9.42 Å². The Kier molecular flexibility index (Phi) is 4.57. The first-order valence-corrected chi connectivity index (χ1v) is 8.91. The molecule has 0 radical (unpaired) electrons. The molecule has 27 heavy (non-hydrogen) atoms. The molecular weight excluding hydrogens is 348 g/mol. The number of carbonyl (C=O) groups excluding carboxylic acids is 1. The van der Waals surface area contributed by atoms with Crippen molar-refractivity contribution in [3.8, 4) is 17.1 Å². The number of hydrogen-bond donors (Lipinski definition) is 1. The molecule has 2 aromatic heterocycles. The summed E-state index contributed by atoms with van der Waals surface area (Å²) in [6, 6.07) is 8.09. The van der Waals surface area contributed by atoms with Crippen LogP contribution in [-0.2, 0) is 4.74 Å². The third kappa shape index (κ3) is 3.16. The van der Waals surface area contributed by atoms with Gasteiger partial charge in [-0.15, -0.1) is 5.10 Å². The molecule has 4 rings (SSSR count). The number of rotatable bonds is 4. The third-order valence-corrected chi connectivity index (χ3v) is 5.01. The largest absolute Gasteiger partial charge is 0.464 e. The van der Waals surface area contributed by atoms with Gasteiger partial charge in [0.1, 0.15) is 5.69 Å². The fraction of sp³-hybridized carbons (Fsp3) is 0.389. The number of ether oxygens (including phenoxy) is 1. The van der Waals surface area contributed by atoms with Crippen molar-refractivity contribution in [1.82, 2.24) is 25.3 Å². The quantitative estimate of drug-likeness (QED) is 0.698. The third-order valence-electron chi connectivity index (χ3n) is 5.01. The molecule has 2 heterocycles. The van der Waals surface area contributed by atoms with Crippen LogP contribution in [0.2, 0.25) is 0 Å². The molecule has 1 aliphatic carbocycles. The highest BCUT2D eigenvalue weighted by atomic mass is 16.6. The van der Waals surface area contributed by atoms with Crippen LogP contribution < -0.4 is 5.73 Å². The highest BCUT2D eigenvalue weighted by Crippen LogP contribution is 2.34. The van der Waals surface area contributed by atoms with Crippen molar-refractivity contribution in [3.05, 3.63) is 35.5 Å². The number of nitrogen functional groups attached to an aromatic ring is 1. The fourth-order valence-electron chi connectivity index (χ4n) is 3.61. The number of benzene rings is 1. The van der Waals surface area contributed by atoms with Crippen LogP contribution in [0.15, 0.2) is 28.9 Å². The fourth-order valence-corrected chi connectivity index (χ4v) is 3.61. The summed E-state index contributed by atoms with van der Waals surface area (Å²) in [4.78, 5) is 12.2. The zero-order valence-electron chi connectivity index (χ0n) is 15.0. The van der Waals surface area contributed by atoms with E-state index in [0.29, 0.717) is 11.6 Å². The van der Waals surface area contributed by atoms with Gasteiger partial charge in [0.05, 0.1) is 7.11 Å². The lowest BCUT2D eigenvalue weighted by atomic mass is 9.84. The van der Waals surface area contributed by atoms with Crippen molar-refractivity contribution in [2.45, 2.75) is 38.0 Å². The Hall–Kier alpha value is -3.23. The van der Waals surface area contributed by atoms with Gasteiger partial charge in [0.2, 0.25) is 11.6 Å². The average molecular weight is 368 g/mol. The Morgan fingerprint density at radius 2 is 1.93 bits per heavy atom. The van der Waals surface area contributed by atoms with E-state index in [9.17, 15) is 4.79 Å². The van der Waals surface area contributed by atoms with Crippen LogP contribution in [0.3, 0.4) is 0 Å². The van der Waals surface area contributed by atoms with E-state index in [4.69, 9.17) is 10.5 Å². The molecule has 2 N–H and O–H groups in total. The monoisotopic (exact) mass is 368 g/mol. The molecule has 9 nitrogen and oxygen atoms in total. The van der Waals surface area contributed by atoms with Crippen LogP contribution in [0.4, 0.5) is 5.82 Å². The minimum atomic E-state index is -0.595.